The third-order valence-corrected chi connectivity index (χ3v) is 4.81. The van der Waals surface area contributed by atoms with E-state index in [1.165, 1.54) is 11.3 Å². The van der Waals surface area contributed by atoms with Crippen LogP contribution in [0.15, 0.2) is 24.4 Å². The number of halogens is 1. The van der Waals surface area contributed by atoms with Crippen molar-refractivity contribution in [2.24, 2.45) is 5.92 Å². The number of thiazole rings is 1. The molecule has 6 nitrogen and oxygen atoms in total. The van der Waals surface area contributed by atoms with Crippen molar-refractivity contribution in [3.63, 3.8) is 0 Å². The molecule has 0 bridgehead atoms. The van der Waals surface area contributed by atoms with E-state index in [2.05, 4.69) is 15.6 Å². The van der Waals surface area contributed by atoms with E-state index in [0.717, 1.165) is 35.2 Å². The molecule has 2 aliphatic rings. The van der Waals surface area contributed by atoms with Gasteiger partial charge in [0.2, 0.25) is 6.79 Å². The monoisotopic (exact) mass is 353 g/mol. The number of nitrogens with zero attached hydrogens (tertiary/aromatic N) is 1. The first-order chi connectivity index (χ1) is 10.8. The van der Waals surface area contributed by atoms with Gasteiger partial charge in [0.15, 0.2) is 11.5 Å². The average Bonchev–Trinajstić information content (AvgIpc) is 3.13. The summed E-state index contributed by atoms with van der Waals surface area (Å²) in [5.74, 6) is 1.95. The molecule has 0 aliphatic carbocycles. The van der Waals surface area contributed by atoms with Crippen LogP contribution in [0.25, 0.3) is 10.6 Å². The van der Waals surface area contributed by atoms with E-state index in [0.29, 0.717) is 17.3 Å². The number of aromatic nitrogens is 1. The van der Waals surface area contributed by atoms with Crippen LogP contribution in [-0.4, -0.2) is 37.3 Å². The Kier molecular flexibility index (Phi) is 4.70. The molecule has 122 valence electrons. The highest BCUT2D eigenvalue weighted by Gasteiger charge is 2.19. The zero-order valence-corrected chi connectivity index (χ0v) is 13.8. The number of carbonyl (C=O) groups is 1. The molecule has 3 heterocycles. The maximum atomic E-state index is 12.1. The molecule has 1 amide bonds. The van der Waals surface area contributed by atoms with E-state index >= 15 is 0 Å². The van der Waals surface area contributed by atoms with Crippen LogP contribution < -0.4 is 20.1 Å². The molecule has 2 aromatic rings. The normalized spacial score (nSPS) is 15.7. The minimum atomic E-state index is -0.0589. The molecule has 1 aromatic carbocycles. The van der Waals surface area contributed by atoms with Gasteiger partial charge in [0, 0.05) is 31.1 Å². The molecule has 0 spiro atoms. The molecule has 2 N–H and O–H groups in total. The van der Waals surface area contributed by atoms with Crippen molar-refractivity contribution < 1.29 is 14.3 Å². The molecule has 4 rings (SSSR count). The first-order valence-corrected chi connectivity index (χ1v) is 7.96. The zero-order chi connectivity index (χ0) is 14.9. The van der Waals surface area contributed by atoms with Crippen LogP contribution in [0.3, 0.4) is 0 Å². The van der Waals surface area contributed by atoms with Gasteiger partial charge < -0.3 is 20.1 Å². The van der Waals surface area contributed by atoms with Crippen molar-refractivity contribution >= 4 is 29.7 Å². The summed E-state index contributed by atoms with van der Waals surface area (Å²) in [6, 6.07) is 5.68. The number of nitrogens with one attached hydrogen (secondary N) is 2. The highest BCUT2D eigenvalue weighted by atomic mass is 35.5. The summed E-state index contributed by atoms with van der Waals surface area (Å²) in [7, 11) is 0. The van der Waals surface area contributed by atoms with Gasteiger partial charge in [-0.2, -0.15) is 0 Å². The summed E-state index contributed by atoms with van der Waals surface area (Å²) in [5.41, 5.74) is 0.927. The van der Waals surface area contributed by atoms with Gasteiger partial charge in [0.05, 0.1) is 6.20 Å². The standard InChI is InChI=1S/C15H15N3O3S.ClH/c19-14(17-6-9-4-16-5-9)13-7-18-15(22-13)10-1-2-11-12(3-10)21-8-20-11;/h1-3,7,9,16H,4-6,8H2,(H,17,19);1H. The predicted octanol–water partition coefficient (Wildman–Crippen LogP) is 1.91. The average molecular weight is 354 g/mol. The van der Waals surface area contributed by atoms with Gasteiger partial charge in [-0.05, 0) is 18.2 Å². The van der Waals surface area contributed by atoms with Crippen LogP contribution in [0.2, 0.25) is 0 Å². The molecule has 0 radical (unpaired) electrons. The predicted molar refractivity (Wildman–Crippen MR) is 89.6 cm³/mol. The largest absolute Gasteiger partial charge is 0.454 e. The van der Waals surface area contributed by atoms with E-state index in [1.54, 1.807) is 6.20 Å². The first-order valence-electron chi connectivity index (χ1n) is 7.14. The maximum absolute atomic E-state index is 12.1. The maximum Gasteiger partial charge on any atom is 0.263 e. The summed E-state index contributed by atoms with van der Waals surface area (Å²) >= 11 is 1.38. The van der Waals surface area contributed by atoms with Crippen molar-refractivity contribution in [2.45, 2.75) is 0 Å². The van der Waals surface area contributed by atoms with Crippen LogP contribution in [0.5, 0.6) is 11.5 Å². The molecular weight excluding hydrogens is 338 g/mol. The number of fused-ring (bicyclic) bond motifs is 1. The Morgan fingerprint density at radius 2 is 2.17 bits per heavy atom. The molecule has 8 heteroatoms. The van der Waals surface area contributed by atoms with Crippen LogP contribution in [-0.2, 0) is 0 Å². The lowest BCUT2D eigenvalue weighted by Crippen LogP contribution is -2.48. The summed E-state index contributed by atoms with van der Waals surface area (Å²) in [4.78, 5) is 17.1. The summed E-state index contributed by atoms with van der Waals surface area (Å²) in [6.07, 6.45) is 1.62. The molecule has 1 saturated heterocycles. The Morgan fingerprint density at radius 1 is 1.35 bits per heavy atom. The number of hydrogen-bond donors (Lipinski definition) is 2. The smallest absolute Gasteiger partial charge is 0.263 e. The van der Waals surface area contributed by atoms with Gasteiger partial charge in [0.25, 0.3) is 5.91 Å². The number of ether oxygens (including phenoxy) is 2. The lowest BCUT2D eigenvalue weighted by Gasteiger charge is -2.26. The van der Waals surface area contributed by atoms with Gasteiger partial charge in [-0.15, -0.1) is 23.7 Å². The minimum absolute atomic E-state index is 0. The number of amides is 1. The van der Waals surface area contributed by atoms with Gasteiger partial charge in [0.1, 0.15) is 9.88 Å². The molecule has 0 unspecified atom stereocenters. The molecule has 2 aliphatic heterocycles. The Bertz CT molecular complexity index is 718. The fourth-order valence-corrected chi connectivity index (χ4v) is 3.19. The topological polar surface area (TPSA) is 72.5 Å². The van der Waals surface area contributed by atoms with Crippen molar-refractivity contribution in [2.75, 3.05) is 26.4 Å². The second-order valence-corrected chi connectivity index (χ2v) is 6.36. The highest BCUT2D eigenvalue weighted by molar-refractivity contribution is 7.16. The van der Waals surface area contributed by atoms with E-state index in [4.69, 9.17) is 9.47 Å². The van der Waals surface area contributed by atoms with Crippen LogP contribution in [0.1, 0.15) is 9.67 Å². The highest BCUT2D eigenvalue weighted by Crippen LogP contribution is 2.36. The Morgan fingerprint density at radius 3 is 2.96 bits per heavy atom. The van der Waals surface area contributed by atoms with Crippen molar-refractivity contribution in [1.29, 1.82) is 0 Å². The molecule has 23 heavy (non-hydrogen) atoms. The van der Waals surface area contributed by atoms with Crippen LogP contribution >= 0.6 is 23.7 Å². The van der Waals surface area contributed by atoms with Gasteiger partial charge in [-0.25, -0.2) is 4.98 Å². The number of hydrogen-bond acceptors (Lipinski definition) is 6. The van der Waals surface area contributed by atoms with E-state index in [9.17, 15) is 4.79 Å². The van der Waals surface area contributed by atoms with Crippen LogP contribution in [0, 0.1) is 5.92 Å². The molecule has 1 fully saturated rings. The minimum Gasteiger partial charge on any atom is -0.454 e. The van der Waals surface area contributed by atoms with Crippen LogP contribution in [0.4, 0.5) is 0 Å². The van der Waals surface area contributed by atoms with Crippen molar-refractivity contribution in [3.05, 3.63) is 29.3 Å². The van der Waals surface area contributed by atoms with Gasteiger partial charge >= 0.3 is 0 Å². The fourth-order valence-electron chi connectivity index (χ4n) is 2.36. The lowest BCUT2D eigenvalue weighted by atomic mass is 10.0. The summed E-state index contributed by atoms with van der Waals surface area (Å²) in [5, 5.41) is 6.94. The quantitative estimate of drug-likeness (QED) is 0.878. The number of carbonyl (C=O) groups excluding carboxylic acids is 1. The number of benzene rings is 1. The Balaban J connectivity index is 0.00000156. The van der Waals surface area contributed by atoms with Crippen molar-refractivity contribution in [3.8, 4) is 22.1 Å². The molecule has 0 atom stereocenters. The zero-order valence-electron chi connectivity index (χ0n) is 12.2. The van der Waals surface area contributed by atoms with E-state index in [-0.39, 0.29) is 25.1 Å². The molecule has 0 saturated carbocycles. The second kappa shape index (κ2) is 6.74. The summed E-state index contributed by atoms with van der Waals surface area (Å²) < 4.78 is 10.7. The Labute approximate surface area is 143 Å². The fraction of sp³-hybridized carbons (Fsp3) is 0.333. The SMILES string of the molecule is Cl.O=C(NCC1CNC1)c1cnc(-c2ccc3c(c2)OCO3)s1. The van der Waals surface area contributed by atoms with E-state index in [1.807, 2.05) is 18.2 Å². The first kappa shape index (κ1) is 16.0. The molecule has 1 aromatic heterocycles. The van der Waals surface area contributed by atoms with E-state index < -0.39 is 0 Å². The number of rotatable bonds is 4. The third-order valence-electron chi connectivity index (χ3n) is 3.77. The van der Waals surface area contributed by atoms with Crippen molar-refractivity contribution in [1.82, 2.24) is 15.6 Å². The van der Waals surface area contributed by atoms with Gasteiger partial charge in [-0.3, -0.25) is 4.79 Å². The Hall–Kier alpha value is -1.83. The molecular formula is C15H16ClN3O3S. The van der Waals surface area contributed by atoms with Gasteiger partial charge in [-0.1, -0.05) is 0 Å². The lowest BCUT2D eigenvalue weighted by molar-refractivity contribution is 0.0946. The second-order valence-electron chi connectivity index (χ2n) is 5.33. The third kappa shape index (κ3) is 3.26. The summed E-state index contributed by atoms with van der Waals surface area (Å²) in [6.45, 7) is 2.92.